The maximum atomic E-state index is 5.25. The number of rotatable bonds is 8. The van der Waals surface area contributed by atoms with Crippen molar-refractivity contribution in [1.82, 2.24) is 20.2 Å². The van der Waals surface area contributed by atoms with Crippen LogP contribution >= 0.6 is 24.0 Å². The van der Waals surface area contributed by atoms with Crippen molar-refractivity contribution in [3.63, 3.8) is 0 Å². The zero-order valence-electron chi connectivity index (χ0n) is 11.6. The van der Waals surface area contributed by atoms with Crippen LogP contribution in [0.1, 0.15) is 13.8 Å². The number of guanidine groups is 1. The Kier molecular flexibility index (Phi) is 11.7. The van der Waals surface area contributed by atoms with Crippen molar-refractivity contribution in [2.75, 3.05) is 32.8 Å². The Morgan fingerprint density at radius 2 is 2.21 bits per heavy atom. The minimum Gasteiger partial charge on any atom is -0.380 e. The van der Waals surface area contributed by atoms with E-state index in [1.54, 1.807) is 12.5 Å². The smallest absolute Gasteiger partial charge is 0.191 e. The molecule has 6 nitrogen and oxygen atoms in total. The number of nitrogens with one attached hydrogen (secondary N) is 2. The van der Waals surface area contributed by atoms with Gasteiger partial charge < -0.3 is 19.9 Å². The molecular weight excluding hydrogens is 357 g/mol. The molecule has 19 heavy (non-hydrogen) atoms. The summed E-state index contributed by atoms with van der Waals surface area (Å²) in [6.45, 7) is 8.65. The molecule has 0 saturated carbocycles. The molecule has 0 spiro atoms. The van der Waals surface area contributed by atoms with Gasteiger partial charge in [0.1, 0.15) is 0 Å². The first-order chi connectivity index (χ1) is 8.86. The number of aromatic nitrogens is 2. The molecule has 0 fully saturated rings. The highest BCUT2D eigenvalue weighted by Gasteiger charge is 1.96. The summed E-state index contributed by atoms with van der Waals surface area (Å²) < 4.78 is 7.27. The van der Waals surface area contributed by atoms with Crippen molar-refractivity contribution in [1.29, 1.82) is 0 Å². The van der Waals surface area contributed by atoms with Gasteiger partial charge in [-0.1, -0.05) is 0 Å². The molecule has 0 aliphatic heterocycles. The molecule has 7 heteroatoms. The van der Waals surface area contributed by atoms with Crippen LogP contribution in [-0.2, 0) is 11.3 Å². The number of hydrogen-bond donors (Lipinski definition) is 2. The molecule has 0 unspecified atom stereocenters. The van der Waals surface area contributed by atoms with E-state index in [1.165, 1.54) is 0 Å². The summed E-state index contributed by atoms with van der Waals surface area (Å²) in [7, 11) is 0. The van der Waals surface area contributed by atoms with Gasteiger partial charge in [0.25, 0.3) is 0 Å². The number of hydrogen-bond acceptors (Lipinski definition) is 3. The Bertz CT molecular complexity index is 329. The van der Waals surface area contributed by atoms with E-state index in [1.807, 2.05) is 17.7 Å². The van der Waals surface area contributed by atoms with Crippen LogP contribution < -0.4 is 10.6 Å². The average molecular weight is 381 g/mol. The molecule has 0 radical (unpaired) electrons. The van der Waals surface area contributed by atoms with Crippen molar-refractivity contribution < 1.29 is 4.74 Å². The lowest BCUT2D eigenvalue weighted by molar-refractivity contribution is 0.155. The molecular formula is C12H24IN5O. The predicted octanol–water partition coefficient (Wildman–Crippen LogP) is 1.09. The van der Waals surface area contributed by atoms with Crippen LogP contribution in [0.15, 0.2) is 23.7 Å². The molecule has 0 aliphatic rings. The first-order valence-electron chi connectivity index (χ1n) is 6.42. The minimum absolute atomic E-state index is 0. The van der Waals surface area contributed by atoms with E-state index in [0.717, 1.165) is 32.2 Å². The van der Waals surface area contributed by atoms with Crippen LogP contribution in [-0.4, -0.2) is 48.4 Å². The second-order valence-corrected chi connectivity index (χ2v) is 3.68. The molecule has 110 valence electrons. The largest absolute Gasteiger partial charge is 0.380 e. The first kappa shape index (κ1) is 18.2. The van der Waals surface area contributed by atoms with Crippen LogP contribution in [0.4, 0.5) is 0 Å². The Morgan fingerprint density at radius 1 is 1.37 bits per heavy atom. The lowest BCUT2D eigenvalue weighted by atomic mass is 10.6. The summed E-state index contributed by atoms with van der Waals surface area (Å²) in [5.41, 5.74) is 0. The monoisotopic (exact) mass is 381 g/mol. The third-order valence-electron chi connectivity index (χ3n) is 2.28. The molecule has 1 aromatic rings. The molecule has 0 atom stereocenters. The number of nitrogens with zero attached hydrogens (tertiary/aromatic N) is 3. The Morgan fingerprint density at radius 3 is 2.84 bits per heavy atom. The van der Waals surface area contributed by atoms with Gasteiger partial charge in [0, 0.05) is 38.6 Å². The van der Waals surface area contributed by atoms with Crippen molar-refractivity contribution in [2.45, 2.75) is 20.4 Å². The molecule has 0 bridgehead atoms. The fourth-order valence-corrected chi connectivity index (χ4v) is 1.43. The van der Waals surface area contributed by atoms with Gasteiger partial charge in [-0.05, 0) is 13.8 Å². The fraction of sp³-hybridized carbons (Fsp3) is 0.667. The van der Waals surface area contributed by atoms with Crippen molar-refractivity contribution >= 4 is 29.9 Å². The quantitative estimate of drug-likeness (QED) is 0.306. The van der Waals surface area contributed by atoms with Crippen LogP contribution in [0.2, 0.25) is 0 Å². The van der Waals surface area contributed by atoms with Crippen LogP contribution in [0.3, 0.4) is 0 Å². The van der Waals surface area contributed by atoms with Crippen LogP contribution in [0.25, 0.3) is 0 Å². The maximum Gasteiger partial charge on any atom is 0.191 e. The molecule has 0 saturated heterocycles. The van der Waals surface area contributed by atoms with Crippen LogP contribution in [0.5, 0.6) is 0 Å². The highest BCUT2D eigenvalue weighted by molar-refractivity contribution is 14.0. The van der Waals surface area contributed by atoms with Gasteiger partial charge in [0.15, 0.2) is 5.96 Å². The third-order valence-corrected chi connectivity index (χ3v) is 2.28. The van der Waals surface area contributed by atoms with Gasteiger partial charge in [0.05, 0.1) is 19.5 Å². The van der Waals surface area contributed by atoms with Crippen molar-refractivity contribution in [3.8, 4) is 0 Å². The lowest BCUT2D eigenvalue weighted by Crippen LogP contribution is -2.39. The van der Waals surface area contributed by atoms with Crippen molar-refractivity contribution in [3.05, 3.63) is 18.7 Å². The molecule has 0 aromatic carbocycles. The topological polar surface area (TPSA) is 63.5 Å². The molecule has 1 aromatic heterocycles. The summed E-state index contributed by atoms with van der Waals surface area (Å²) in [5.74, 6) is 0.831. The molecule has 0 aliphatic carbocycles. The van der Waals surface area contributed by atoms with E-state index in [2.05, 4.69) is 27.5 Å². The second-order valence-electron chi connectivity index (χ2n) is 3.68. The molecule has 1 rings (SSSR count). The van der Waals surface area contributed by atoms with Gasteiger partial charge in [-0.25, -0.2) is 4.98 Å². The Labute approximate surface area is 132 Å². The number of imidazole rings is 1. The zero-order valence-corrected chi connectivity index (χ0v) is 14.0. The van der Waals surface area contributed by atoms with E-state index in [-0.39, 0.29) is 24.0 Å². The summed E-state index contributed by atoms with van der Waals surface area (Å²) in [6, 6.07) is 0. The standard InChI is InChI=1S/C12H23N5O.HI/c1-3-14-12(16-7-10-18-4-2)15-6-9-17-8-5-13-11-17;/h5,8,11H,3-4,6-7,9-10H2,1-2H3,(H2,14,15,16);1H. The second kappa shape index (κ2) is 12.2. The summed E-state index contributed by atoms with van der Waals surface area (Å²) in [6.07, 6.45) is 5.53. The Balaban J connectivity index is 0.00000324. The number of halogens is 1. The highest BCUT2D eigenvalue weighted by atomic mass is 127. The SMILES string of the molecule is CCNC(=NCCOCC)NCCn1ccnc1.I. The van der Waals surface area contributed by atoms with Gasteiger partial charge >= 0.3 is 0 Å². The summed E-state index contributed by atoms with van der Waals surface area (Å²) in [5, 5.41) is 6.47. The van der Waals surface area contributed by atoms with Gasteiger partial charge in [-0.3, -0.25) is 4.99 Å². The van der Waals surface area contributed by atoms with Gasteiger partial charge in [-0.15, -0.1) is 24.0 Å². The van der Waals surface area contributed by atoms with E-state index in [9.17, 15) is 0 Å². The maximum absolute atomic E-state index is 5.25. The Hall–Kier alpha value is -0.830. The van der Waals surface area contributed by atoms with Gasteiger partial charge in [0.2, 0.25) is 0 Å². The third kappa shape index (κ3) is 8.82. The zero-order chi connectivity index (χ0) is 13.1. The highest BCUT2D eigenvalue weighted by Crippen LogP contribution is 1.84. The fourth-order valence-electron chi connectivity index (χ4n) is 1.43. The van der Waals surface area contributed by atoms with Crippen molar-refractivity contribution in [2.24, 2.45) is 4.99 Å². The van der Waals surface area contributed by atoms with E-state index >= 15 is 0 Å². The van der Waals surface area contributed by atoms with E-state index in [0.29, 0.717) is 13.2 Å². The summed E-state index contributed by atoms with van der Waals surface area (Å²) in [4.78, 5) is 8.41. The lowest BCUT2D eigenvalue weighted by Gasteiger charge is -2.11. The normalized spacial score (nSPS) is 10.9. The minimum atomic E-state index is 0. The van der Waals surface area contributed by atoms with E-state index in [4.69, 9.17) is 4.74 Å². The molecule has 2 N–H and O–H groups in total. The molecule has 1 heterocycles. The summed E-state index contributed by atoms with van der Waals surface area (Å²) >= 11 is 0. The molecule has 0 amide bonds. The van der Waals surface area contributed by atoms with E-state index < -0.39 is 0 Å². The first-order valence-corrected chi connectivity index (χ1v) is 6.42. The van der Waals surface area contributed by atoms with Crippen LogP contribution in [0, 0.1) is 0 Å². The predicted molar refractivity (Wildman–Crippen MR) is 88.1 cm³/mol. The number of ether oxygens (including phenoxy) is 1. The average Bonchev–Trinajstić information content (AvgIpc) is 2.87. The van der Waals surface area contributed by atoms with Gasteiger partial charge in [-0.2, -0.15) is 0 Å². The number of aliphatic imine (C=N–C) groups is 1.